The third-order valence-electron chi connectivity index (χ3n) is 4.46. The first kappa shape index (κ1) is 16.8. The Morgan fingerprint density at radius 1 is 1.19 bits per heavy atom. The van der Waals surface area contributed by atoms with Gasteiger partial charge in [-0.05, 0) is 55.3 Å². The monoisotopic (exact) mass is 411 g/mol. The second-order valence-electron chi connectivity index (χ2n) is 6.32. The summed E-state index contributed by atoms with van der Waals surface area (Å²) in [6.07, 6.45) is 2.63. The Bertz CT molecular complexity index is 936. The van der Waals surface area contributed by atoms with E-state index in [0.29, 0.717) is 5.69 Å². The van der Waals surface area contributed by atoms with Crippen molar-refractivity contribution >= 4 is 27.5 Å². The van der Waals surface area contributed by atoms with Gasteiger partial charge in [0, 0.05) is 22.4 Å². The molecule has 0 bridgehead atoms. The first-order chi connectivity index (χ1) is 12.6. The lowest BCUT2D eigenvalue weighted by Crippen LogP contribution is -2.36. The number of anilines is 1. The van der Waals surface area contributed by atoms with Crippen LogP contribution in [0.2, 0.25) is 0 Å². The molecule has 2 aromatic carbocycles. The van der Waals surface area contributed by atoms with Crippen molar-refractivity contribution in [1.29, 1.82) is 0 Å². The molecule has 5 nitrogen and oxygen atoms in total. The Hall–Kier alpha value is -2.60. The normalized spacial score (nSPS) is 15.8. The molecule has 0 radical (unpaired) electrons. The van der Waals surface area contributed by atoms with Gasteiger partial charge in [0.25, 0.3) is 5.91 Å². The van der Waals surface area contributed by atoms with Crippen LogP contribution in [0.15, 0.2) is 65.3 Å². The van der Waals surface area contributed by atoms with Gasteiger partial charge in [0.2, 0.25) is 0 Å². The molecule has 1 aromatic heterocycles. The predicted octanol–water partition coefficient (Wildman–Crippen LogP) is 4.27. The van der Waals surface area contributed by atoms with E-state index >= 15 is 0 Å². The highest BCUT2D eigenvalue weighted by atomic mass is 79.9. The summed E-state index contributed by atoms with van der Waals surface area (Å²) in [5.41, 5.74) is 2.60. The zero-order chi connectivity index (χ0) is 18.1. The number of hydrogen-bond acceptors (Lipinski definition) is 3. The number of amides is 1. The molecule has 1 atom stereocenters. The quantitative estimate of drug-likeness (QED) is 0.643. The summed E-state index contributed by atoms with van der Waals surface area (Å²) < 4.78 is 8.32. The van der Waals surface area contributed by atoms with Crippen molar-refractivity contribution < 1.29 is 9.53 Å². The smallest absolute Gasteiger partial charge is 0.279 e. The molecule has 1 amide bonds. The number of fused-ring (bicyclic) bond motifs is 1. The van der Waals surface area contributed by atoms with Gasteiger partial charge in [0.15, 0.2) is 12.4 Å². The van der Waals surface area contributed by atoms with Gasteiger partial charge in [-0.2, -0.15) is 5.10 Å². The number of ether oxygens (including phenoxy) is 1. The minimum atomic E-state index is -0.0789. The van der Waals surface area contributed by atoms with Crippen LogP contribution < -0.4 is 9.64 Å². The van der Waals surface area contributed by atoms with Gasteiger partial charge in [-0.25, -0.2) is 4.68 Å². The fraction of sp³-hybridized carbons (Fsp3) is 0.200. The minimum absolute atomic E-state index is 0.0789. The largest absolute Gasteiger partial charge is 0.471 e. The van der Waals surface area contributed by atoms with E-state index in [9.17, 15) is 4.79 Å². The van der Waals surface area contributed by atoms with E-state index < -0.39 is 0 Å². The number of aromatic nitrogens is 2. The average Bonchev–Trinajstić information content (AvgIpc) is 3.24. The number of hydrogen-bond donors (Lipinski definition) is 0. The summed E-state index contributed by atoms with van der Waals surface area (Å²) in [5, 5.41) is 4.39. The molecule has 0 spiro atoms. The van der Waals surface area contributed by atoms with Crippen molar-refractivity contribution in [2.75, 3.05) is 4.90 Å². The van der Waals surface area contributed by atoms with Crippen LogP contribution in [0.5, 0.6) is 5.75 Å². The molecule has 6 heteroatoms. The number of nitrogens with zero attached hydrogens (tertiary/aromatic N) is 3. The van der Waals surface area contributed by atoms with Crippen LogP contribution in [0.4, 0.5) is 5.69 Å². The van der Waals surface area contributed by atoms with Crippen LogP contribution in [-0.4, -0.2) is 21.7 Å². The van der Waals surface area contributed by atoms with E-state index in [-0.39, 0.29) is 18.7 Å². The fourth-order valence-electron chi connectivity index (χ4n) is 3.22. The topological polar surface area (TPSA) is 47.4 Å². The maximum Gasteiger partial charge on any atom is 0.279 e. The first-order valence-corrected chi connectivity index (χ1v) is 9.24. The number of carbonyl (C=O) groups is 1. The van der Waals surface area contributed by atoms with Gasteiger partial charge in [0.1, 0.15) is 5.75 Å². The predicted molar refractivity (Wildman–Crippen MR) is 103 cm³/mol. The Morgan fingerprint density at radius 2 is 1.96 bits per heavy atom. The number of benzene rings is 2. The van der Waals surface area contributed by atoms with Crippen LogP contribution in [0, 0.1) is 0 Å². The van der Waals surface area contributed by atoms with Crippen molar-refractivity contribution in [3.63, 3.8) is 0 Å². The molecule has 1 aliphatic heterocycles. The third-order valence-corrected chi connectivity index (χ3v) is 4.99. The Labute approximate surface area is 160 Å². The second-order valence-corrected chi connectivity index (χ2v) is 7.24. The van der Waals surface area contributed by atoms with E-state index in [1.54, 1.807) is 16.9 Å². The molecular formula is C20H18BrN3O2. The van der Waals surface area contributed by atoms with E-state index in [1.165, 1.54) is 5.56 Å². The van der Waals surface area contributed by atoms with Crippen LogP contribution >= 0.6 is 15.9 Å². The number of para-hydroxylation sites is 1. The highest BCUT2D eigenvalue weighted by Gasteiger charge is 2.32. The molecular weight excluding hydrogens is 394 g/mol. The van der Waals surface area contributed by atoms with Crippen LogP contribution in [0.25, 0.3) is 0 Å². The summed E-state index contributed by atoms with van der Waals surface area (Å²) in [4.78, 5) is 14.8. The van der Waals surface area contributed by atoms with E-state index in [2.05, 4.69) is 34.0 Å². The molecule has 0 saturated heterocycles. The molecule has 0 saturated carbocycles. The fourth-order valence-corrected chi connectivity index (χ4v) is 3.48. The van der Waals surface area contributed by atoms with Crippen LogP contribution in [-0.2, 0) is 13.2 Å². The van der Waals surface area contributed by atoms with Crippen LogP contribution in [0.3, 0.4) is 0 Å². The minimum Gasteiger partial charge on any atom is -0.471 e. The third kappa shape index (κ3) is 3.24. The van der Waals surface area contributed by atoms with E-state index in [1.807, 2.05) is 47.4 Å². The summed E-state index contributed by atoms with van der Waals surface area (Å²) in [6.45, 7) is 2.31. The standard InChI is InChI=1S/C20H18BrN3O2/c1-14-12-15-4-2-3-5-19(15)24(14)20(25)18-10-11-23(22-18)13-26-17-8-6-16(21)7-9-17/h2-11,14H,12-13H2,1H3. The second kappa shape index (κ2) is 6.96. The number of carbonyl (C=O) groups excluding carboxylic acids is 1. The summed E-state index contributed by atoms with van der Waals surface area (Å²) >= 11 is 3.39. The molecule has 132 valence electrons. The molecule has 4 rings (SSSR count). The van der Waals surface area contributed by atoms with Gasteiger partial charge < -0.3 is 9.64 Å². The van der Waals surface area contributed by atoms with Crippen molar-refractivity contribution in [3.05, 3.63) is 76.5 Å². The maximum atomic E-state index is 12.9. The average molecular weight is 412 g/mol. The highest BCUT2D eigenvalue weighted by molar-refractivity contribution is 9.10. The SMILES string of the molecule is CC1Cc2ccccc2N1C(=O)c1ccn(COc2ccc(Br)cc2)n1. The summed E-state index contributed by atoms with van der Waals surface area (Å²) in [5.74, 6) is 0.670. The van der Waals surface area contributed by atoms with Crippen molar-refractivity contribution in [3.8, 4) is 5.75 Å². The Morgan fingerprint density at radius 3 is 2.77 bits per heavy atom. The molecule has 0 aliphatic carbocycles. The van der Waals surface area contributed by atoms with E-state index in [4.69, 9.17) is 4.74 Å². The number of halogens is 1. The summed E-state index contributed by atoms with van der Waals surface area (Å²) in [6, 6.07) is 17.5. The Balaban J connectivity index is 1.47. The van der Waals surface area contributed by atoms with Crippen molar-refractivity contribution in [2.45, 2.75) is 26.1 Å². The first-order valence-electron chi connectivity index (χ1n) is 8.45. The van der Waals surface area contributed by atoms with Crippen molar-refractivity contribution in [1.82, 2.24) is 9.78 Å². The molecule has 1 unspecified atom stereocenters. The zero-order valence-corrected chi connectivity index (χ0v) is 15.9. The molecule has 26 heavy (non-hydrogen) atoms. The van der Waals surface area contributed by atoms with Crippen molar-refractivity contribution in [2.24, 2.45) is 0 Å². The zero-order valence-electron chi connectivity index (χ0n) is 14.3. The number of rotatable bonds is 4. The lowest BCUT2D eigenvalue weighted by atomic mass is 10.1. The van der Waals surface area contributed by atoms with Gasteiger partial charge in [-0.1, -0.05) is 34.1 Å². The molecule has 0 N–H and O–H groups in total. The molecule has 2 heterocycles. The van der Waals surface area contributed by atoms with Gasteiger partial charge in [-0.3, -0.25) is 4.79 Å². The lowest BCUT2D eigenvalue weighted by molar-refractivity contribution is 0.0974. The molecule has 3 aromatic rings. The highest BCUT2D eigenvalue weighted by Crippen LogP contribution is 2.32. The van der Waals surface area contributed by atoms with Gasteiger partial charge in [-0.15, -0.1) is 0 Å². The van der Waals surface area contributed by atoms with Gasteiger partial charge >= 0.3 is 0 Å². The van der Waals surface area contributed by atoms with Gasteiger partial charge in [0.05, 0.1) is 0 Å². The lowest BCUT2D eigenvalue weighted by Gasteiger charge is -2.21. The van der Waals surface area contributed by atoms with Crippen LogP contribution in [0.1, 0.15) is 23.0 Å². The molecule has 1 aliphatic rings. The molecule has 0 fully saturated rings. The maximum absolute atomic E-state index is 12.9. The summed E-state index contributed by atoms with van der Waals surface area (Å²) in [7, 11) is 0. The Kier molecular flexibility index (Phi) is 4.51. The van der Waals surface area contributed by atoms with E-state index in [0.717, 1.165) is 22.3 Å².